The summed E-state index contributed by atoms with van der Waals surface area (Å²) in [4.78, 5) is 26.2. The Hall–Kier alpha value is -1.62. The van der Waals surface area contributed by atoms with Gasteiger partial charge in [-0.25, -0.2) is 4.79 Å². The minimum absolute atomic E-state index is 0.0928. The van der Waals surface area contributed by atoms with Crippen molar-refractivity contribution in [2.75, 3.05) is 19.7 Å². The molecule has 0 saturated carbocycles. The number of carbonyl (C=O) groups is 2. The number of hydrogen-bond donors (Lipinski definition) is 0. The first-order valence-electron chi connectivity index (χ1n) is 6.92. The molecule has 20 heavy (non-hydrogen) atoms. The first-order chi connectivity index (χ1) is 9.75. The Morgan fingerprint density at radius 1 is 1.25 bits per heavy atom. The van der Waals surface area contributed by atoms with Crippen LogP contribution in [0.4, 0.5) is 0 Å². The monoisotopic (exact) mass is 293 g/mol. The van der Waals surface area contributed by atoms with Gasteiger partial charge in [0.05, 0.1) is 0 Å². The van der Waals surface area contributed by atoms with Crippen molar-refractivity contribution in [3.05, 3.63) is 28.5 Å². The zero-order chi connectivity index (χ0) is 14.2. The lowest BCUT2D eigenvalue weighted by atomic mass is 10.2. The maximum absolute atomic E-state index is 11.9. The van der Waals surface area contributed by atoms with E-state index in [0.29, 0.717) is 0 Å². The predicted molar refractivity (Wildman–Crippen MR) is 79.4 cm³/mol. The van der Waals surface area contributed by atoms with Gasteiger partial charge in [0.15, 0.2) is 6.61 Å². The highest BCUT2D eigenvalue weighted by Gasteiger charge is 2.16. The molecule has 1 saturated heterocycles. The molecule has 0 spiro atoms. The second kappa shape index (κ2) is 7.85. The summed E-state index contributed by atoms with van der Waals surface area (Å²) in [5.41, 5.74) is 0. The van der Waals surface area contributed by atoms with Crippen molar-refractivity contribution in [2.45, 2.75) is 25.7 Å². The van der Waals surface area contributed by atoms with E-state index in [0.717, 1.165) is 30.8 Å². The van der Waals surface area contributed by atoms with E-state index in [4.69, 9.17) is 4.74 Å². The van der Waals surface area contributed by atoms with Gasteiger partial charge < -0.3 is 9.64 Å². The number of likely N-dealkylation sites (tertiary alicyclic amines) is 1. The molecule has 1 amide bonds. The van der Waals surface area contributed by atoms with Crippen molar-refractivity contribution in [3.63, 3.8) is 0 Å². The normalized spacial score (nSPS) is 16.1. The number of esters is 1. The van der Waals surface area contributed by atoms with Crippen LogP contribution >= 0.6 is 11.3 Å². The molecule has 1 fully saturated rings. The minimum Gasteiger partial charge on any atom is -0.452 e. The molecule has 0 unspecified atom stereocenters. The van der Waals surface area contributed by atoms with Crippen LogP contribution in [0.3, 0.4) is 0 Å². The summed E-state index contributed by atoms with van der Waals surface area (Å²) in [6.07, 6.45) is 7.49. The molecule has 1 aliphatic rings. The molecule has 1 aromatic heterocycles. The van der Waals surface area contributed by atoms with Gasteiger partial charge in [-0.15, -0.1) is 11.3 Å². The van der Waals surface area contributed by atoms with Crippen molar-refractivity contribution in [2.24, 2.45) is 0 Å². The van der Waals surface area contributed by atoms with Crippen LogP contribution in [0.1, 0.15) is 30.6 Å². The van der Waals surface area contributed by atoms with Crippen LogP contribution < -0.4 is 0 Å². The molecule has 0 atom stereocenters. The van der Waals surface area contributed by atoms with E-state index in [2.05, 4.69) is 0 Å². The Kier molecular flexibility index (Phi) is 5.80. The number of rotatable bonds is 4. The third kappa shape index (κ3) is 4.81. The van der Waals surface area contributed by atoms with E-state index >= 15 is 0 Å². The summed E-state index contributed by atoms with van der Waals surface area (Å²) in [6, 6.07) is 3.83. The topological polar surface area (TPSA) is 46.6 Å². The van der Waals surface area contributed by atoms with E-state index in [1.54, 1.807) is 22.3 Å². The van der Waals surface area contributed by atoms with Crippen LogP contribution in [0.2, 0.25) is 0 Å². The summed E-state index contributed by atoms with van der Waals surface area (Å²) >= 11 is 1.54. The van der Waals surface area contributed by atoms with Gasteiger partial charge in [0, 0.05) is 24.0 Å². The fraction of sp³-hybridized carbons (Fsp3) is 0.467. The van der Waals surface area contributed by atoms with E-state index in [9.17, 15) is 9.59 Å². The van der Waals surface area contributed by atoms with E-state index < -0.39 is 5.97 Å². The molecule has 2 heterocycles. The van der Waals surface area contributed by atoms with Crippen LogP contribution in [0, 0.1) is 0 Å². The average molecular weight is 293 g/mol. The molecular weight excluding hydrogens is 274 g/mol. The molecule has 4 nitrogen and oxygen atoms in total. The molecule has 1 aromatic rings. The van der Waals surface area contributed by atoms with Gasteiger partial charge in [-0.05, 0) is 30.4 Å². The molecule has 0 aliphatic carbocycles. The first kappa shape index (κ1) is 14.8. The second-order valence-electron chi connectivity index (χ2n) is 4.75. The van der Waals surface area contributed by atoms with Crippen molar-refractivity contribution in [3.8, 4) is 0 Å². The number of nitrogens with zero attached hydrogens (tertiary/aromatic N) is 1. The van der Waals surface area contributed by atoms with E-state index in [1.807, 2.05) is 17.5 Å². The minimum atomic E-state index is -0.471. The highest BCUT2D eigenvalue weighted by atomic mass is 32.1. The van der Waals surface area contributed by atoms with Gasteiger partial charge in [0.1, 0.15) is 0 Å². The first-order valence-corrected chi connectivity index (χ1v) is 7.80. The lowest BCUT2D eigenvalue weighted by Gasteiger charge is -2.19. The van der Waals surface area contributed by atoms with Gasteiger partial charge >= 0.3 is 5.97 Å². The quantitative estimate of drug-likeness (QED) is 0.633. The van der Waals surface area contributed by atoms with Crippen LogP contribution in [-0.4, -0.2) is 36.5 Å². The summed E-state index contributed by atoms with van der Waals surface area (Å²) < 4.78 is 4.98. The molecule has 1 aliphatic heterocycles. The van der Waals surface area contributed by atoms with Gasteiger partial charge in [-0.2, -0.15) is 0 Å². The Bertz CT molecular complexity index is 459. The Balaban J connectivity index is 1.73. The summed E-state index contributed by atoms with van der Waals surface area (Å²) in [5, 5.41) is 1.94. The number of ether oxygens (including phenoxy) is 1. The Labute approximate surface area is 123 Å². The highest BCUT2D eigenvalue weighted by molar-refractivity contribution is 7.10. The van der Waals surface area contributed by atoms with Crippen LogP contribution in [0.25, 0.3) is 6.08 Å². The molecule has 0 N–H and O–H groups in total. The van der Waals surface area contributed by atoms with Gasteiger partial charge in [0.25, 0.3) is 5.91 Å². The molecule has 2 rings (SSSR count). The molecule has 0 radical (unpaired) electrons. The molecular formula is C15H19NO3S. The fourth-order valence-corrected chi connectivity index (χ4v) is 2.75. The third-order valence-electron chi connectivity index (χ3n) is 3.22. The van der Waals surface area contributed by atoms with Crippen LogP contribution in [0.5, 0.6) is 0 Å². The highest BCUT2D eigenvalue weighted by Crippen LogP contribution is 2.11. The predicted octanol–water partition coefficient (Wildman–Crippen LogP) is 2.71. The van der Waals surface area contributed by atoms with Crippen molar-refractivity contribution in [1.82, 2.24) is 4.90 Å². The Morgan fingerprint density at radius 3 is 2.65 bits per heavy atom. The van der Waals surface area contributed by atoms with Gasteiger partial charge in [-0.3, -0.25) is 4.79 Å². The van der Waals surface area contributed by atoms with Crippen molar-refractivity contribution in [1.29, 1.82) is 0 Å². The summed E-state index contributed by atoms with van der Waals surface area (Å²) in [6.45, 7) is 1.40. The standard InChI is InChI=1S/C15H19NO3S/c17-14(16-9-3-1-2-4-10-16)12-19-15(18)8-7-13-6-5-11-20-13/h5-8,11H,1-4,9-10,12H2. The maximum atomic E-state index is 11.9. The van der Waals surface area contributed by atoms with Gasteiger partial charge in [-0.1, -0.05) is 18.9 Å². The average Bonchev–Trinajstić information content (AvgIpc) is 2.83. The van der Waals surface area contributed by atoms with Gasteiger partial charge in [0.2, 0.25) is 0 Å². The molecule has 0 aromatic carbocycles. The fourth-order valence-electron chi connectivity index (χ4n) is 2.13. The van der Waals surface area contributed by atoms with Crippen molar-refractivity contribution < 1.29 is 14.3 Å². The largest absolute Gasteiger partial charge is 0.452 e. The molecule has 0 bridgehead atoms. The molecule has 5 heteroatoms. The number of amides is 1. The smallest absolute Gasteiger partial charge is 0.331 e. The number of thiophene rings is 1. The summed E-state index contributed by atoms with van der Waals surface area (Å²) in [7, 11) is 0. The zero-order valence-electron chi connectivity index (χ0n) is 11.4. The lowest BCUT2D eigenvalue weighted by molar-refractivity contribution is -0.148. The lowest BCUT2D eigenvalue weighted by Crippen LogP contribution is -2.35. The third-order valence-corrected chi connectivity index (χ3v) is 4.06. The Morgan fingerprint density at radius 2 is 2.00 bits per heavy atom. The van der Waals surface area contributed by atoms with Crippen LogP contribution in [0.15, 0.2) is 23.6 Å². The number of hydrogen-bond acceptors (Lipinski definition) is 4. The molecule has 108 valence electrons. The maximum Gasteiger partial charge on any atom is 0.331 e. The SMILES string of the molecule is O=C(C=Cc1cccs1)OCC(=O)N1CCCCCC1. The zero-order valence-corrected chi connectivity index (χ0v) is 12.2. The summed E-state index contributed by atoms with van der Waals surface area (Å²) in [5.74, 6) is -0.564. The van der Waals surface area contributed by atoms with Crippen LogP contribution in [-0.2, 0) is 14.3 Å². The van der Waals surface area contributed by atoms with E-state index in [1.165, 1.54) is 18.9 Å². The number of carbonyl (C=O) groups excluding carboxylic acids is 2. The van der Waals surface area contributed by atoms with Crippen molar-refractivity contribution >= 4 is 29.3 Å². The van der Waals surface area contributed by atoms with E-state index in [-0.39, 0.29) is 12.5 Å². The second-order valence-corrected chi connectivity index (χ2v) is 5.73.